The Labute approximate surface area is 114 Å². The molecule has 1 fully saturated rings. The van der Waals surface area contributed by atoms with Crippen LogP contribution in [0.25, 0.3) is 0 Å². The van der Waals surface area contributed by atoms with Crippen molar-refractivity contribution in [2.45, 2.75) is 25.5 Å². The molecule has 0 atom stereocenters. The molecular formula is C13H16BrF2NO. The highest BCUT2D eigenvalue weighted by Crippen LogP contribution is 2.26. The van der Waals surface area contributed by atoms with E-state index in [1.165, 1.54) is 6.07 Å². The van der Waals surface area contributed by atoms with Gasteiger partial charge in [0.05, 0.1) is 10.6 Å². The first-order valence-corrected chi connectivity index (χ1v) is 6.78. The van der Waals surface area contributed by atoms with Crippen molar-refractivity contribution in [3.8, 4) is 0 Å². The number of hydrogen-bond acceptors (Lipinski definition) is 2. The van der Waals surface area contributed by atoms with Crippen LogP contribution >= 0.6 is 15.9 Å². The highest BCUT2D eigenvalue weighted by Gasteiger charge is 2.21. The van der Waals surface area contributed by atoms with Gasteiger partial charge in [-0.25, -0.2) is 8.78 Å². The quantitative estimate of drug-likeness (QED) is 0.792. The molecule has 0 bridgehead atoms. The summed E-state index contributed by atoms with van der Waals surface area (Å²) in [5.41, 5.74) is 0.394. The van der Waals surface area contributed by atoms with Crippen LogP contribution in [-0.4, -0.2) is 31.2 Å². The molecule has 1 aromatic rings. The minimum Gasteiger partial charge on any atom is -0.381 e. The van der Waals surface area contributed by atoms with Crippen LogP contribution in [0.3, 0.4) is 0 Å². The lowest BCUT2D eigenvalue weighted by atomic mass is 10.1. The van der Waals surface area contributed by atoms with E-state index in [9.17, 15) is 8.78 Å². The number of methoxy groups -OCH3 is 1. The first-order valence-electron chi connectivity index (χ1n) is 5.99. The SMILES string of the molecule is COC1CCN(Cc2c(F)ccc(F)c2Br)CC1. The van der Waals surface area contributed by atoms with Gasteiger partial charge in [0.25, 0.3) is 0 Å². The van der Waals surface area contributed by atoms with Gasteiger partial charge in [-0.05, 0) is 40.9 Å². The second-order valence-electron chi connectivity index (χ2n) is 4.53. The molecule has 1 aliphatic rings. The van der Waals surface area contributed by atoms with Gasteiger partial charge in [-0.1, -0.05) is 0 Å². The zero-order chi connectivity index (χ0) is 13.1. The maximum atomic E-state index is 13.7. The molecule has 18 heavy (non-hydrogen) atoms. The molecule has 0 N–H and O–H groups in total. The molecule has 0 radical (unpaired) electrons. The molecule has 0 amide bonds. The second kappa shape index (κ2) is 6.08. The molecule has 1 aromatic carbocycles. The molecular weight excluding hydrogens is 304 g/mol. The van der Waals surface area contributed by atoms with E-state index in [-0.39, 0.29) is 10.3 Å². The van der Waals surface area contributed by atoms with E-state index >= 15 is 0 Å². The fourth-order valence-corrected chi connectivity index (χ4v) is 2.69. The zero-order valence-corrected chi connectivity index (χ0v) is 11.8. The van der Waals surface area contributed by atoms with Crippen molar-refractivity contribution in [1.29, 1.82) is 0 Å². The fourth-order valence-electron chi connectivity index (χ4n) is 2.24. The first-order chi connectivity index (χ1) is 8.61. The molecule has 0 unspecified atom stereocenters. The fraction of sp³-hybridized carbons (Fsp3) is 0.538. The zero-order valence-electron chi connectivity index (χ0n) is 10.3. The van der Waals surface area contributed by atoms with Crippen LogP contribution in [0, 0.1) is 11.6 Å². The summed E-state index contributed by atoms with van der Waals surface area (Å²) < 4.78 is 32.6. The van der Waals surface area contributed by atoms with Gasteiger partial charge in [0.15, 0.2) is 0 Å². The van der Waals surface area contributed by atoms with Gasteiger partial charge in [-0.2, -0.15) is 0 Å². The number of benzene rings is 1. The maximum Gasteiger partial charge on any atom is 0.137 e. The number of nitrogens with zero attached hydrogens (tertiary/aromatic N) is 1. The van der Waals surface area contributed by atoms with Gasteiger partial charge in [0, 0.05) is 32.3 Å². The summed E-state index contributed by atoms with van der Waals surface area (Å²) in [6, 6.07) is 2.32. The Morgan fingerprint density at radius 2 is 1.89 bits per heavy atom. The summed E-state index contributed by atoms with van der Waals surface area (Å²) in [7, 11) is 1.71. The summed E-state index contributed by atoms with van der Waals surface area (Å²) in [6.07, 6.45) is 2.16. The van der Waals surface area contributed by atoms with Crippen LogP contribution in [0.1, 0.15) is 18.4 Å². The van der Waals surface area contributed by atoms with Crippen LogP contribution in [0.5, 0.6) is 0 Å². The third-order valence-electron chi connectivity index (χ3n) is 3.39. The highest BCUT2D eigenvalue weighted by molar-refractivity contribution is 9.10. The lowest BCUT2D eigenvalue weighted by Crippen LogP contribution is -2.36. The molecule has 0 saturated carbocycles. The van der Waals surface area contributed by atoms with Crippen molar-refractivity contribution in [2.75, 3.05) is 20.2 Å². The van der Waals surface area contributed by atoms with Gasteiger partial charge >= 0.3 is 0 Å². The Hall–Kier alpha value is -0.520. The Morgan fingerprint density at radius 3 is 2.50 bits per heavy atom. The van der Waals surface area contributed by atoms with Crippen molar-refractivity contribution in [3.63, 3.8) is 0 Å². The predicted molar refractivity (Wildman–Crippen MR) is 69.4 cm³/mol. The van der Waals surface area contributed by atoms with Crippen LogP contribution in [0.4, 0.5) is 8.78 Å². The van der Waals surface area contributed by atoms with E-state index in [1.807, 2.05) is 0 Å². The molecule has 5 heteroatoms. The molecule has 1 aliphatic heterocycles. The third-order valence-corrected chi connectivity index (χ3v) is 4.25. The number of halogens is 3. The van der Waals surface area contributed by atoms with Crippen molar-refractivity contribution < 1.29 is 13.5 Å². The standard InChI is InChI=1S/C13H16BrF2NO/c1-18-9-4-6-17(7-5-9)8-10-11(15)2-3-12(16)13(10)14/h2-3,9H,4-8H2,1H3. The topological polar surface area (TPSA) is 12.5 Å². The maximum absolute atomic E-state index is 13.7. The average Bonchev–Trinajstić information content (AvgIpc) is 2.40. The van der Waals surface area contributed by atoms with E-state index in [1.54, 1.807) is 7.11 Å². The van der Waals surface area contributed by atoms with Gasteiger partial charge in [0.1, 0.15) is 11.6 Å². The normalized spacial score (nSPS) is 18.2. The van der Waals surface area contributed by atoms with Crippen LogP contribution < -0.4 is 0 Å². The third kappa shape index (κ3) is 3.08. The monoisotopic (exact) mass is 319 g/mol. The Kier molecular flexibility index (Phi) is 4.70. The summed E-state index contributed by atoms with van der Waals surface area (Å²) >= 11 is 3.12. The number of rotatable bonds is 3. The van der Waals surface area contributed by atoms with Crippen LogP contribution in [0.15, 0.2) is 16.6 Å². The van der Waals surface area contributed by atoms with Crippen LogP contribution in [0.2, 0.25) is 0 Å². The van der Waals surface area contributed by atoms with E-state index < -0.39 is 5.82 Å². The van der Waals surface area contributed by atoms with Crippen molar-refractivity contribution in [2.24, 2.45) is 0 Å². The molecule has 100 valence electrons. The molecule has 1 saturated heterocycles. The van der Waals surface area contributed by atoms with Gasteiger partial charge in [0.2, 0.25) is 0 Å². The summed E-state index contributed by atoms with van der Waals surface area (Å²) in [5, 5.41) is 0. The van der Waals surface area contributed by atoms with Gasteiger partial charge in [-0.15, -0.1) is 0 Å². The second-order valence-corrected chi connectivity index (χ2v) is 5.33. The number of piperidine rings is 1. The number of hydrogen-bond donors (Lipinski definition) is 0. The summed E-state index contributed by atoms with van der Waals surface area (Å²) in [5.74, 6) is -0.782. The smallest absolute Gasteiger partial charge is 0.137 e. The molecule has 2 nitrogen and oxygen atoms in total. The lowest BCUT2D eigenvalue weighted by Gasteiger charge is -2.31. The largest absolute Gasteiger partial charge is 0.381 e. The molecule has 1 heterocycles. The van der Waals surface area contributed by atoms with Crippen molar-refractivity contribution in [3.05, 3.63) is 33.8 Å². The van der Waals surface area contributed by atoms with Gasteiger partial charge in [-0.3, -0.25) is 4.90 Å². The van der Waals surface area contributed by atoms with E-state index in [0.29, 0.717) is 18.2 Å². The first kappa shape index (κ1) is 13.9. The minimum atomic E-state index is -0.418. The number of likely N-dealkylation sites (tertiary alicyclic amines) is 1. The van der Waals surface area contributed by atoms with Crippen molar-refractivity contribution >= 4 is 15.9 Å². The Bertz CT molecular complexity index is 420. The Balaban J connectivity index is 2.04. The van der Waals surface area contributed by atoms with Gasteiger partial charge < -0.3 is 4.74 Å². The Morgan fingerprint density at radius 1 is 1.28 bits per heavy atom. The predicted octanol–water partition coefficient (Wildman–Crippen LogP) is 3.34. The lowest BCUT2D eigenvalue weighted by molar-refractivity contribution is 0.0385. The molecule has 0 spiro atoms. The molecule has 0 aliphatic carbocycles. The summed E-state index contributed by atoms with van der Waals surface area (Å²) in [4.78, 5) is 2.12. The highest BCUT2D eigenvalue weighted by atomic mass is 79.9. The van der Waals surface area contributed by atoms with E-state index in [4.69, 9.17) is 4.74 Å². The average molecular weight is 320 g/mol. The molecule has 0 aromatic heterocycles. The van der Waals surface area contributed by atoms with E-state index in [2.05, 4.69) is 20.8 Å². The minimum absolute atomic E-state index is 0.233. The van der Waals surface area contributed by atoms with Crippen molar-refractivity contribution in [1.82, 2.24) is 4.90 Å². The number of ether oxygens (including phenoxy) is 1. The van der Waals surface area contributed by atoms with E-state index in [0.717, 1.165) is 32.0 Å². The van der Waals surface area contributed by atoms with Crippen LogP contribution in [-0.2, 0) is 11.3 Å². The summed E-state index contributed by atoms with van der Waals surface area (Å²) in [6.45, 7) is 2.13. The molecule has 2 rings (SSSR count).